The zero-order chi connectivity index (χ0) is 17.2. The van der Waals surface area contributed by atoms with E-state index in [0.29, 0.717) is 25.3 Å². The number of hydrogen-bond acceptors (Lipinski definition) is 4. The van der Waals surface area contributed by atoms with Gasteiger partial charge in [0.05, 0.1) is 18.0 Å². The van der Waals surface area contributed by atoms with Gasteiger partial charge in [-0.3, -0.25) is 4.79 Å². The number of carbonyl (C=O) groups is 1. The molecule has 0 radical (unpaired) electrons. The number of carbonyl (C=O) groups excluding carboxylic acids is 1. The first-order valence-electron chi connectivity index (χ1n) is 7.71. The van der Waals surface area contributed by atoms with E-state index in [4.69, 9.17) is 4.74 Å². The molecule has 1 amide bonds. The van der Waals surface area contributed by atoms with E-state index >= 15 is 0 Å². The lowest BCUT2D eigenvalue weighted by atomic mass is 10.1. The van der Waals surface area contributed by atoms with Gasteiger partial charge >= 0.3 is 0 Å². The maximum Gasteiger partial charge on any atom is 0.254 e. The number of benzene rings is 2. The number of morpholine rings is 1. The van der Waals surface area contributed by atoms with Gasteiger partial charge in [-0.2, -0.15) is 0 Å². The van der Waals surface area contributed by atoms with Crippen molar-refractivity contribution in [3.63, 3.8) is 0 Å². The maximum atomic E-state index is 12.7. The van der Waals surface area contributed by atoms with Crippen molar-refractivity contribution in [2.75, 3.05) is 26.0 Å². The monoisotopic (exact) mass is 345 g/mol. The highest BCUT2D eigenvalue weighted by Crippen LogP contribution is 2.23. The summed E-state index contributed by atoms with van der Waals surface area (Å²) in [5.74, 6) is -0.176. The van der Waals surface area contributed by atoms with Gasteiger partial charge in [0.25, 0.3) is 5.91 Å². The highest BCUT2D eigenvalue weighted by atomic mass is 32.2. The minimum atomic E-state index is -3.34. The lowest BCUT2D eigenvalue weighted by Crippen LogP contribution is -2.42. The summed E-state index contributed by atoms with van der Waals surface area (Å²) in [5.41, 5.74) is 1.41. The van der Waals surface area contributed by atoms with Crippen molar-refractivity contribution < 1.29 is 17.9 Å². The van der Waals surface area contributed by atoms with Gasteiger partial charge in [0.15, 0.2) is 9.84 Å². The van der Waals surface area contributed by atoms with Crippen LogP contribution in [0, 0.1) is 0 Å². The Morgan fingerprint density at radius 3 is 2.58 bits per heavy atom. The van der Waals surface area contributed by atoms with E-state index in [1.807, 2.05) is 30.3 Å². The Hall–Kier alpha value is -2.18. The summed E-state index contributed by atoms with van der Waals surface area (Å²) >= 11 is 0. The van der Waals surface area contributed by atoms with Crippen LogP contribution in [0.15, 0.2) is 59.5 Å². The van der Waals surface area contributed by atoms with Gasteiger partial charge in [-0.1, -0.05) is 36.4 Å². The minimum Gasteiger partial charge on any atom is -0.370 e. The summed E-state index contributed by atoms with van der Waals surface area (Å²) in [6, 6.07) is 15.9. The summed E-state index contributed by atoms with van der Waals surface area (Å²) in [4.78, 5) is 14.6. The third kappa shape index (κ3) is 3.66. The fourth-order valence-corrected chi connectivity index (χ4v) is 3.41. The van der Waals surface area contributed by atoms with Gasteiger partial charge in [0.1, 0.15) is 6.10 Å². The van der Waals surface area contributed by atoms with Crippen LogP contribution >= 0.6 is 0 Å². The highest BCUT2D eigenvalue weighted by Gasteiger charge is 2.26. The number of nitrogens with zero attached hydrogens (tertiary/aromatic N) is 1. The van der Waals surface area contributed by atoms with Crippen molar-refractivity contribution in [3.8, 4) is 0 Å². The second-order valence-corrected chi connectivity index (χ2v) is 7.84. The summed E-state index contributed by atoms with van der Waals surface area (Å²) in [6.45, 7) is 1.40. The van der Waals surface area contributed by atoms with Crippen molar-refractivity contribution >= 4 is 15.7 Å². The Kier molecular flexibility index (Phi) is 4.69. The Balaban J connectivity index is 1.80. The fraction of sp³-hybridized carbons (Fsp3) is 0.278. The number of sulfone groups is 1. The first-order chi connectivity index (χ1) is 11.4. The van der Waals surface area contributed by atoms with Crippen LogP contribution in [0.3, 0.4) is 0 Å². The zero-order valence-corrected chi connectivity index (χ0v) is 14.2. The molecular formula is C18H19NO4S. The molecule has 1 heterocycles. The van der Waals surface area contributed by atoms with Crippen LogP contribution in [-0.4, -0.2) is 45.2 Å². The molecule has 2 aromatic carbocycles. The predicted octanol–water partition coefficient (Wildman–Crippen LogP) is 2.30. The van der Waals surface area contributed by atoms with E-state index in [0.717, 1.165) is 11.8 Å². The summed E-state index contributed by atoms with van der Waals surface area (Å²) < 4.78 is 29.1. The second kappa shape index (κ2) is 6.75. The molecule has 1 aliphatic rings. The number of rotatable bonds is 3. The van der Waals surface area contributed by atoms with E-state index in [1.165, 1.54) is 12.1 Å². The topological polar surface area (TPSA) is 63.7 Å². The molecule has 1 fully saturated rings. The van der Waals surface area contributed by atoms with Crippen LogP contribution in [-0.2, 0) is 14.6 Å². The van der Waals surface area contributed by atoms with Gasteiger partial charge < -0.3 is 9.64 Å². The van der Waals surface area contributed by atoms with E-state index in [9.17, 15) is 13.2 Å². The van der Waals surface area contributed by atoms with Crippen molar-refractivity contribution in [1.82, 2.24) is 4.90 Å². The van der Waals surface area contributed by atoms with Crippen molar-refractivity contribution in [2.45, 2.75) is 11.0 Å². The average molecular weight is 345 g/mol. The second-order valence-electron chi connectivity index (χ2n) is 5.82. The molecule has 1 saturated heterocycles. The van der Waals surface area contributed by atoms with Gasteiger partial charge in [-0.15, -0.1) is 0 Å². The van der Waals surface area contributed by atoms with Crippen molar-refractivity contribution in [3.05, 3.63) is 65.7 Å². The smallest absolute Gasteiger partial charge is 0.254 e. The van der Waals surface area contributed by atoms with E-state index in [1.54, 1.807) is 17.0 Å². The fourth-order valence-electron chi connectivity index (χ4n) is 2.75. The van der Waals surface area contributed by atoms with E-state index < -0.39 is 9.84 Å². The van der Waals surface area contributed by atoms with Crippen LogP contribution in [0.2, 0.25) is 0 Å². The van der Waals surface area contributed by atoms with Gasteiger partial charge in [-0.25, -0.2) is 8.42 Å². The molecule has 1 atom stereocenters. The van der Waals surface area contributed by atoms with Gasteiger partial charge in [0, 0.05) is 18.4 Å². The van der Waals surface area contributed by atoms with Crippen LogP contribution in [0.5, 0.6) is 0 Å². The predicted molar refractivity (Wildman–Crippen MR) is 90.6 cm³/mol. The lowest BCUT2D eigenvalue weighted by molar-refractivity contribution is -0.0228. The summed E-state index contributed by atoms with van der Waals surface area (Å²) in [5, 5.41) is 0. The SMILES string of the molecule is CS(=O)(=O)c1cccc(C(=O)N2CCOC(c3ccccc3)C2)c1. The lowest BCUT2D eigenvalue weighted by Gasteiger charge is -2.33. The maximum absolute atomic E-state index is 12.7. The average Bonchev–Trinajstić information content (AvgIpc) is 2.61. The molecule has 5 nitrogen and oxygen atoms in total. The third-order valence-corrected chi connectivity index (χ3v) is 5.14. The molecular weight excluding hydrogens is 326 g/mol. The molecule has 6 heteroatoms. The quantitative estimate of drug-likeness (QED) is 0.856. The normalized spacial score (nSPS) is 18.4. The third-order valence-electron chi connectivity index (χ3n) is 4.03. The van der Waals surface area contributed by atoms with E-state index in [-0.39, 0.29) is 16.9 Å². The summed E-state index contributed by atoms with van der Waals surface area (Å²) in [6.07, 6.45) is 0.971. The Bertz CT molecular complexity index is 833. The molecule has 0 saturated carbocycles. The van der Waals surface area contributed by atoms with Gasteiger partial charge in [0.2, 0.25) is 0 Å². The molecule has 0 aliphatic carbocycles. The largest absolute Gasteiger partial charge is 0.370 e. The molecule has 24 heavy (non-hydrogen) atoms. The van der Waals surface area contributed by atoms with E-state index in [2.05, 4.69) is 0 Å². The Morgan fingerprint density at radius 1 is 1.12 bits per heavy atom. The number of amides is 1. The molecule has 1 unspecified atom stereocenters. The number of ether oxygens (including phenoxy) is 1. The van der Waals surface area contributed by atoms with Crippen LogP contribution in [0.1, 0.15) is 22.0 Å². The van der Waals surface area contributed by atoms with Crippen molar-refractivity contribution in [1.29, 1.82) is 0 Å². The number of hydrogen-bond donors (Lipinski definition) is 0. The first-order valence-corrected chi connectivity index (χ1v) is 9.60. The molecule has 0 aromatic heterocycles. The standard InChI is InChI=1S/C18H19NO4S/c1-24(21,22)16-9-5-8-15(12-16)18(20)19-10-11-23-17(13-19)14-6-3-2-4-7-14/h2-9,12,17H,10-11,13H2,1H3. The van der Waals surface area contributed by atoms with Crippen LogP contribution in [0.4, 0.5) is 0 Å². The van der Waals surface area contributed by atoms with Crippen LogP contribution in [0.25, 0.3) is 0 Å². The molecule has 2 aromatic rings. The van der Waals surface area contributed by atoms with Crippen LogP contribution < -0.4 is 0 Å². The molecule has 0 spiro atoms. The molecule has 0 bridgehead atoms. The summed E-state index contributed by atoms with van der Waals surface area (Å²) in [7, 11) is -3.34. The van der Waals surface area contributed by atoms with Crippen molar-refractivity contribution in [2.24, 2.45) is 0 Å². The van der Waals surface area contributed by atoms with Gasteiger partial charge in [-0.05, 0) is 23.8 Å². The molecule has 0 N–H and O–H groups in total. The molecule has 126 valence electrons. The molecule has 3 rings (SSSR count). The zero-order valence-electron chi connectivity index (χ0n) is 13.4. The molecule has 1 aliphatic heterocycles. The minimum absolute atomic E-state index is 0.154. The Labute approximate surface area is 141 Å². The highest BCUT2D eigenvalue weighted by molar-refractivity contribution is 7.90. The Morgan fingerprint density at radius 2 is 1.88 bits per heavy atom. The first kappa shape index (κ1) is 16.7.